The fourth-order valence-electron chi connectivity index (χ4n) is 1.70. The maximum absolute atomic E-state index is 5.89. The number of anilines is 1. The predicted molar refractivity (Wildman–Crippen MR) is 68.5 cm³/mol. The summed E-state index contributed by atoms with van der Waals surface area (Å²) >= 11 is 0. The lowest BCUT2D eigenvalue weighted by molar-refractivity contribution is 0.975. The summed E-state index contributed by atoms with van der Waals surface area (Å²) in [7, 11) is 0. The van der Waals surface area contributed by atoms with Gasteiger partial charge in [0.25, 0.3) is 0 Å². The maximum atomic E-state index is 5.89. The van der Waals surface area contributed by atoms with E-state index in [4.69, 9.17) is 5.73 Å². The molecule has 4 heteroatoms. The van der Waals surface area contributed by atoms with Crippen molar-refractivity contribution in [2.75, 3.05) is 5.73 Å². The van der Waals surface area contributed by atoms with Gasteiger partial charge in [-0.3, -0.25) is 4.98 Å². The fourth-order valence-corrected chi connectivity index (χ4v) is 1.70. The van der Waals surface area contributed by atoms with Gasteiger partial charge in [0.05, 0.1) is 0 Å². The minimum atomic E-state index is 0.537. The number of aryl methyl sites for hydroxylation is 2. The molecule has 0 saturated heterocycles. The van der Waals surface area contributed by atoms with Gasteiger partial charge in [0.15, 0.2) is 5.82 Å². The van der Waals surface area contributed by atoms with Crippen LogP contribution in [0.25, 0.3) is 11.5 Å². The van der Waals surface area contributed by atoms with E-state index in [1.165, 1.54) is 0 Å². The Hall–Kier alpha value is -1.97. The fraction of sp³-hybridized carbons (Fsp3) is 0.308. The summed E-state index contributed by atoms with van der Waals surface area (Å²) in [6.45, 7) is 6.02. The molecule has 2 N–H and O–H groups in total. The number of hydrogen-bond acceptors (Lipinski definition) is 4. The third-order valence-electron chi connectivity index (χ3n) is 2.76. The standard InChI is InChI=1S/C13H16N4/c1-4-10-9(3)12(14)17-13(16-10)11-7-8(2)5-6-15-11/h5-7H,4H2,1-3H3,(H2,14,16,17). The quantitative estimate of drug-likeness (QED) is 0.856. The van der Waals surface area contributed by atoms with Crippen molar-refractivity contribution in [2.24, 2.45) is 0 Å². The van der Waals surface area contributed by atoms with E-state index in [0.717, 1.165) is 28.9 Å². The van der Waals surface area contributed by atoms with Gasteiger partial charge >= 0.3 is 0 Å². The molecule has 4 nitrogen and oxygen atoms in total. The topological polar surface area (TPSA) is 64.7 Å². The summed E-state index contributed by atoms with van der Waals surface area (Å²) in [6, 6.07) is 3.91. The molecule has 0 fully saturated rings. The van der Waals surface area contributed by atoms with Gasteiger partial charge in [0.2, 0.25) is 0 Å². The van der Waals surface area contributed by atoms with Crippen molar-refractivity contribution in [3.05, 3.63) is 35.2 Å². The zero-order valence-corrected chi connectivity index (χ0v) is 10.4. The van der Waals surface area contributed by atoms with Crippen molar-refractivity contribution < 1.29 is 0 Å². The average molecular weight is 228 g/mol. The molecule has 0 saturated carbocycles. The van der Waals surface area contributed by atoms with Crippen molar-refractivity contribution >= 4 is 5.82 Å². The lowest BCUT2D eigenvalue weighted by atomic mass is 10.2. The third-order valence-corrected chi connectivity index (χ3v) is 2.76. The number of hydrogen-bond donors (Lipinski definition) is 1. The number of aromatic nitrogens is 3. The van der Waals surface area contributed by atoms with Crippen LogP contribution < -0.4 is 5.73 Å². The van der Waals surface area contributed by atoms with Crippen molar-refractivity contribution in [1.82, 2.24) is 15.0 Å². The van der Waals surface area contributed by atoms with Crippen LogP contribution in [0.15, 0.2) is 18.3 Å². The molecule has 0 bridgehead atoms. The number of rotatable bonds is 2. The van der Waals surface area contributed by atoms with E-state index in [2.05, 4.69) is 21.9 Å². The Labute approximate surface area is 101 Å². The Morgan fingerprint density at radius 1 is 1.24 bits per heavy atom. The Balaban J connectivity index is 2.56. The molecule has 0 aliphatic carbocycles. The molecule has 2 rings (SSSR count). The Kier molecular flexibility index (Phi) is 3.04. The van der Waals surface area contributed by atoms with Crippen LogP contribution >= 0.6 is 0 Å². The van der Waals surface area contributed by atoms with E-state index in [-0.39, 0.29) is 0 Å². The number of pyridine rings is 1. The van der Waals surface area contributed by atoms with Crippen LogP contribution in [0.5, 0.6) is 0 Å². The van der Waals surface area contributed by atoms with Gasteiger partial charge < -0.3 is 5.73 Å². The Morgan fingerprint density at radius 3 is 2.65 bits per heavy atom. The lowest BCUT2D eigenvalue weighted by Gasteiger charge is -2.08. The highest BCUT2D eigenvalue weighted by Crippen LogP contribution is 2.19. The normalized spacial score (nSPS) is 10.5. The molecule has 0 aromatic carbocycles. The highest BCUT2D eigenvalue weighted by molar-refractivity contribution is 5.55. The second kappa shape index (κ2) is 4.49. The number of nitrogen functional groups attached to an aromatic ring is 1. The molecule has 0 radical (unpaired) electrons. The van der Waals surface area contributed by atoms with E-state index in [0.29, 0.717) is 11.6 Å². The molecular weight excluding hydrogens is 212 g/mol. The highest BCUT2D eigenvalue weighted by Gasteiger charge is 2.09. The van der Waals surface area contributed by atoms with Crippen molar-refractivity contribution in [2.45, 2.75) is 27.2 Å². The smallest absolute Gasteiger partial charge is 0.180 e. The summed E-state index contributed by atoms with van der Waals surface area (Å²) in [6.07, 6.45) is 2.60. The third kappa shape index (κ3) is 2.25. The first-order valence-corrected chi connectivity index (χ1v) is 5.67. The van der Waals surface area contributed by atoms with Gasteiger partial charge in [-0.25, -0.2) is 9.97 Å². The summed E-state index contributed by atoms with van der Waals surface area (Å²) in [5.41, 5.74) is 9.74. The zero-order chi connectivity index (χ0) is 12.4. The van der Waals surface area contributed by atoms with E-state index in [9.17, 15) is 0 Å². The Bertz CT molecular complexity index is 549. The molecular formula is C13H16N4. The van der Waals surface area contributed by atoms with E-state index in [1.54, 1.807) is 6.20 Å². The Morgan fingerprint density at radius 2 is 2.00 bits per heavy atom. The van der Waals surface area contributed by atoms with Crippen molar-refractivity contribution in [3.63, 3.8) is 0 Å². The van der Waals surface area contributed by atoms with Crippen LogP contribution in [0.2, 0.25) is 0 Å². The molecule has 0 aliphatic rings. The van der Waals surface area contributed by atoms with Crippen molar-refractivity contribution in [3.8, 4) is 11.5 Å². The molecule has 0 unspecified atom stereocenters. The molecule has 0 spiro atoms. The molecule has 17 heavy (non-hydrogen) atoms. The van der Waals surface area contributed by atoms with E-state index < -0.39 is 0 Å². The van der Waals surface area contributed by atoms with Crippen LogP contribution in [0.3, 0.4) is 0 Å². The SMILES string of the molecule is CCc1nc(-c2cc(C)ccn2)nc(N)c1C. The van der Waals surface area contributed by atoms with Gasteiger partial charge in [-0.05, 0) is 38.0 Å². The van der Waals surface area contributed by atoms with Crippen LogP contribution in [0.4, 0.5) is 5.82 Å². The van der Waals surface area contributed by atoms with Gasteiger partial charge in [-0.2, -0.15) is 0 Å². The first-order chi connectivity index (χ1) is 8.11. The van der Waals surface area contributed by atoms with Crippen LogP contribution in [0, 0.1) is 13.8 Å². The maximum Gasteiger partial charge on any atom is 0.180 e. The van der Waals surface area contributed by atoms with Gasteiger partial charge in [-0.15, -0.1) is 0 Å². The molecule has 2 aromatic rings. The average Bonchev–Trinajstić information content (AvgIpc) is 2.32. The van der Waals surface area contributed by atoms with E-state index in [1.807, 2.05) is 26.0 Å². The molecule has 0 amide bonds. The lowest BCUT2D eigenvalue weighted by Crippen LogP contribution is -2.04. The largest absolute Gasteiger partial charge is 0.383 e. The summed E-state index contributed by atoms with van der Waals surface area (Å²) < 4.78 is 0. The van der Waals surface area contributed by atoms with Crippen LogP contribution in [-0.4, -0.2) is 15.0 Å². The summed E-state index contributed by atoms with van der Waals surface area (Å²) in [4.78, 5) is 13.1. The summed E-state index contributed by atoms with van der Waals surface area (Å²) in [5.74, 6) is 1.14. The highest BCUT2D eigenvalue weighted by atomic mass is 15.0. The molecule has 2 heterocycles. The van der Waals surface area contributed by atoms with Crippen LogP contribution in [0.1, 0.15) is 23.7 Å². The number of nitrogens with two attached hydrogens (primary N) is 1. The van der Waals surface area contributed by atoms with Crippen molar-refractivity contribution in [1.29, 1.82) is 0 Å². The molecule has 0 aliphatic heterocycles. The minimum absolute atomic E-state index is 0.537. The van der Waals surface area contributed by atoms with Crippen LogP contribution in [-0.2, 0) is 6.42 Å². The molecule has 0 atom stereocenters. The number of nitrogens with zero attached hydrogens (tertiary/aromatic N) is 3. The first-order valence-electron chi connectivity index (χ1n) is 5.67. The molecule has 2 aromatic heterocycles. The zero-order valence-electron chi connectivity index (χ0n) is 10.4. The second-order valence-electron chi connectivity index (χ2n) is 4.08. The monoisotopic (exact) mass is 228 g/mol. The molecule has 88 valence electrons. The summed E-state index contributed by atoms with van der Waals surface area (Å²) in [5, 5.41) is 0. The predicted octanol–water partition coefficient (Wildman–Crippen LogP) is 2.30. The minimum Gasteiger partial charge on any atom is -0.383 e. The second-order valence-corrected chi connectivity index (χ2v) is 4.08. The van der Waals surface area contributed by atoms with Gasteiger partial charge in [-0.1, -0.05) is 6.92 Å². The first kappa shape index (κ1) is 11.5. The van der Waals surface area contributed by atoms with Gasteiger partial charge in [0, 0.05) is 17.5 Å². The van der Waals surface area contributed by atoms with Gasteiger partial charge in [0.1, 0.15) is 11.5 Å². The van der Waals surface area contributed by atoms with E-state index >= 15 is 0 Å².